The van der Waals surface area contributed by atoms with Crippen molar-refractivity contribution in [3.63, 3.8) is 0 Å². The summed E-state index contributed by atoms with van der Waals surface area (Å²) in [5.74, 6) is 0.392. The van der Waals surface area contributed by atoms with Crippen molar-refractivity contribution < 1.29 is 9.53 Å². The van der Waals surface area contributed by atoms with Crippen LogP contribution in [-0.4, -0.2) is 17.6 Å². The number of H-pyrrole nitrogens is 1. The molecule has 0 saturated heterocycles. The van der Waals surface area contributed by atoms with Crippen molar-refractivity contribution in [2.45, 2.75) is 31.6 Å². The molecule has 2 unspecified atom stereocenters. The molecule has 1 aromatic heterocycles. The summed E-state index contributed by atoms with van der Waals surface area (Å²) in [5, 5.41) is 1.72. The van der Waals surface area contributed by atoms with Gasteiger partial charge >= 0.3 is 5.97 Å². The molecular formula is C18H18ClNO2. The first-order valence-corrected chi connectivity index (χ1v) is 8.10. The van der Waals surface area contributed by atoms with Gasteiger partial charge in [-0.2, -0.15) is 0 Å². The SMILES string of the molecule is CCOC(=O)[C@@]1(C)c2c([nH]c3ccc(Cl)cc23)C2C=CC1C2. The van der Waals surface area contributed by atoms with Gasteiger partial charge in [-0.25, -0.2) is 0 Å². The predicted molar refractivity (Wildman–Crippen MR) is 87.3 cm³/mol. The number of fused-ring (bicyclic) bond motifs is 6. The van der Waals surface area contributed by atoms with E-state index in [-0.39, 0.29) is 11.9 Å². The molecular weight excluding hydrogens is 298 g/mol. The molecule has 0 aliphatic heterocycles. The van der Waals surface area contributed by atoms with Crippen LogP contribution in [0.5, 0.6) is 0 Å². The standard InChI is InChI=1S/C18H18ClNO2/c1-3-22-17(21)18(2)11-5-4-10(8-11)16-15(18)13-9-12(19)6-7-14(13)20-16/h4-7,9-11,20H,3,8H2,1-2H3/t10?,11?,18-/m1/s1. The first kappa shape index (κ1) is 13.9. The fraction of sp³-hybridized carbons (Fsp3) is 0.389. The van der Waals surface area contributed by atoms with Crippen LogP contribution in [0, 0.1) is 5.92 Å². The molecule has 0 radical (unpaired) electrons. The Labute approximate surface area is 134 Å². The maximum atomic E-state index is 12.8. The van der Waals surface area contributed by atoms with Crippen molar-refractivity contribution in [2.24, 2.45) is 5.92 Å². The van der Waals surface area contributed by atoms with Crippen LogP contribution in [0.1, 0.15) is 37.4 Å². The van der Waals surface area contributed by atoms with Crippen LogP contribution in [0.15, 0.2) is 30.4 Å². The summed E-state index contributed by atoms with van der Waals surface area (Å²) in [6.45, 7) is 4.26. The first-order valence-electron chi connectivity index (χ1n) is 7.72. The molecule has 1 heterocycles. The van der Waals surface area contributed by atoms with Crippen molar-refractivity contribution in [2.75, 3.05) is 6.61 Å². The van der Waals surface area contributed by atoms with E-state index < -0.39 is 5.41 Å². The highest BCUT2D eigenvalue weighted by Crippen LogP contribution is 2.54. The Bertz CT molecular complexity index is 807. The van der Waals surface area contributed by atoms with Gasteiger partial charge in [0, 0.05) is 27.5 Å². The molecule has 0 spiro atoms. The Morgan fingerprint density at radius 2 is 2.27 bits per heavy atom. The number of carbonyl (C=O) groups excluding carboxylic acids is 1. The molecule has 22 heavy (non-hydrogen) atoms. The summed E-state index contributed by atoms with van der Waals surface area (Å²) >= 11 is 6.19. The Kier molecular flexibility index (Phi) is 2.92. The lowest BCUT2D eigenvalue weighted by molar-refractivity contribution is -0.151. The second kappa shape index (κ2) is 4.63. The molecule has 2 aliphatic rings. The van der Waals surface area contributed by atoms with E-state index in [2.05, 4.69) is 17.1 Å². The van der Waals surface area contributed by atoms with Gasteiger partial charge in [0.2, 0.25) is 0 Å². The van der Waals surface area contributed by atoms with Crippen LogP contribution < -0.4 is 0 Å². The molecule has 2 aromatic rings. The van der Waals surface area contributed by atoms with E-state index in [1.807, 2.05) is 32.0 Å². The molecule has 3 atom stereocenters. The van der Waals surface area contributed by atoms with Gasteiger partial charge in [0.1, 0.15) is 0 Å². The van der Waals surface area contributed by atoms with Gasteiger partial charge in [-0.15, -0.1) is 0 Å². The maximum Gasteiger partial charge on any atom is 0.316 e. The van der Waals surface area contributed by atoms with Gasteiger partial charge in [-0.1, -0.05) is 23.8 Å². The molecule has 4 heteroatoms. The number of aromatic nitrogens is 1. The normalized spacial score (nSPS) is 28.9. The number of benzene rings is 1. The number of halogens is 1. The molecule has 0 fully saturated rings. The zero-order chi connectivity index (χ0) is 15.5. The van der Waals surface area contributed by atoms with Crippen LogP contribution in [-0.2, 0) is 14.9 Å². The number of nitrogens with one attached hydrogen (secondary N) is 1. The minimum atomic E-state index is -0.655. The van der Waals surface area contributed by atoms with Gasteiger partial charge in [0.25, 0.3) is 0 Å². The van der Waals surface area contributed by atoms with Crippen LogP contribution in [0.2, 0.25) is 5.02 Å². The summed E-state index contributed by atoms with van der Waals surface area (Å²) in [6, 6.07) is 5.81. The molecule has 2 bridgehead atoms. The Balaban J connectivity index is 2.03. The largest absolute Gasteiger partial charge is 0.465 e. The van der Waals surface area contributed by atoms with Crippen molar-refractivity contribution in [1.29, 1.82) is 0 Å². The molecule has 4 rings (SSSR count). The number of rotatable bonds is 2. The lowest BCUT2D eigenvalue weighted by Gasteiger charge is -2.37. The van der Waals surface area contributed by atoms with E-state index in [1.54, 1.807) is 0 Å². The van der Waals surface area contributed by atoms with Crippen molar-refractivity contribution in [1.82, 2.24) is 4.98 Å². The number of aromatic amines is 1. The molecule has 3 nitrogen and oxygen atoms in total. The minimum Gasteiger partial charge on any atom is -0.465 e. The Morgan fingerprint density at radius 1 is 1.45 bits per heavy atom. The second-order valence-corrected chi connectivity index (χ2v) is 6.80. The van der Waals surface area contributed by atoms with E-state index in [4.69, 9.17) is 16.3 Å². The zero-order valence-corrected chi connectivity index (χ0v) is 13.4. The van der Waals surface area contributed by atoms with Crippen molar-refractivity contribution in [3.05, 3.63) is 46.6 Å². The average Bonchev–Trinajstić information content (AvgIpc) is 3.08. The monoisotopic (exact) mass is 315 g/mol. The van der Waals surface area contributed by atoms with Gasteiger partial charge in [0.15, 0.2) is 0 Å². The first-order chi connectivity index (χ1) is 10.6. The van der Waals surface area contributed by atoms with E-state index in [0.717, 1.165) is 28.6 Å². The Hall–Kier alpha value is -1.74. The van der Waals surface area contributed by atoms with Crippen LogP contribution in [0.3, 0.4) is 0 Å². The van der Waals surface area contributed by atoms with Crippen LogP contribution in [0.25, 0.3) is 10.9 Å². The zero-order valence-electron chi connectivity index (χ0n) is 12.7. The molecule has 0 saturated carbocycles. The predicted octanol–water partition coefficient (Wildman–Crippen LogP) is 4.32. The molecule has 0 amide bonds. The summed E-state index contributed by atoms with van der Waals surface area (Å²) in [7, 11) is 0. The second-order valence-electron chi connectivity index (χ2n) is 6.36. The number of esters is 1. The third kappa shape index (κ3) is 1.66. The van der Waals surface area contributed by atoms with Gasteiger partial charge in [0.05, 0.1) is 12.0 Å². The maximum absolute atomic E-state index is 12.8. The third-order valence-electron chi connectivity index (χ3n) is 5.20. The van der Waals surface area contributed by atoms with Crippen LogP contribution >= 0.6 is 11.6 Å². The molecule has 1 aromatic carbocycles. The van der Waals surface area contributed by atoms with E-state index >= 15 is 0 Å². The summed E-state index contributed by atoms with van der Waals surface area (Å²) < 4.78 is 5.42. The fourth-order valence-corrected chi connectivity index (χ4v) is 4.26. The van der Waals surface area contributed by atoms with E-state index in [1.165, 1.54) is 0 Å². The Morgan fingerprint density at radius 3 is 3.05 bits per heavy atom. The summed E-state index contributed by atoms with van der Waals surface area (Å²) in [6.07, 6.45) is 5.35. The van der Waals surface area contributed by atoms with Gasteiger partial charge < -0.3 is 9.72 Å². The highest BCUT2D eigenvalue weighted by molar-refractivity contribution is 6.31. The molecule has 114 valence electrons. The topological polar surface area (TPSA) is 42.1 Å². The highest BCUT2D eigenvalue weighted by Gasteiger charge is 2.52. The molecule has 1 N–H and O–H groups in total. The van der Waals surface area contributed by atoms with E-state index in [9.17, 15) is 4.79 Å². The summed E-state index contributed by atoms with van der Waals surface area (Å²) in [4.78, 5) is 16.3. The van der Waals surface area contributed by atoms with E-state index in [0.29, 0.717) is 17.5 Å². The van der Waals surface area contributed by atoms with Crippen molar-refractivity contribution in [3.8, 4) is 0 Å². The number of hydrogen-bond donors (Lipinski definition) is 1. The number of hydrogen-bond acceptors (Lipinski definition) is 2. The lowest BCUT2D eigenvalue weighted by atomic mass is 9.65. The quantitative estimate of drug-likeness (QED) is 0.662. The van der Waals surface area contributed by atoms with Gasteiger partial charge in [-0.3, -0.25) is 4.79 Å². The number of carbonyl (C=O) groups is 1. The molecule has 2 aliphatic carbocycles. The highest BCUT2D eigenvalue weighted by atomic mass is 35.5. The third-order valence-corrected chi connectivity index (χ3v) is 5.44. The fourth-order valence-electron chi connectivity index (χ4n) is 4.08. The average molecular weight is 316 g/mol. The summed E-state index contributed by atoms with van der Waals surface area (Å²) in [5.41, 5.74) is 2.58. The van der Waals surface area contributed by atoms with Gasteiger partial charge in [-0.05, 0) is 49.9 Å². The van der Waals surface area contributed by atoms with Crippen molar-refractivity contribution >= 4 is 28.5 Å². The van der Waals surface area contributed by atoms with Crippen LogP contribution in [0.4, 0.5) is 0 Å². The number of ether oxygens (including phenoxy) is 1. The smallest absolute Gasteiger partial charge is 0.316 e. The lowest BCUT2D eigenvalue weighted by Crippen LogP contribution is -2.43. The number of allylic oxidation sites excluding steroid dienone is 2. The minimum absolute atomic E-state index is 0.146.